The third-order valence-electron chi connectivity index (χ3n) is 8.22. The molecule has 9 nitrogen and oxygen atoms in total. The number of hydrogen-bond donors (Lipinski definition) is 2. The molecule has 6 rings (SSSR count). The number of rotatable bonds is 4. The number of aromatic amines is 1. The molecule has 2 aromatic rings. The molecule has 0 atom stereocenters. The monoisotopic (exact) mass is 515 g/mol. The molecule has 4 heterocycles. The number of likely N-dealkylation sites (tertiary alicyclic amines) is 1. The van der Waals surface area contributed by atoms with E-state index in [2.05, 4.69) is 15.3 Å². The summed E-state index contributed by atoms with van der Waals surface area (Å²) >= 11 is 6.20. The number of nitrogens with one attached hydrogen (secondary N) is 2. The highest BCUT2D eigenvalue weighted by Crippen LogP contribution is 2.47. The number of hydrogen-bond acceptors (Lipinski definition) is 5. The van der Waals surface area contributed by atoms with E-state index in [9.17, 15) is 18.8 Å². The van der Waals surface area contributed by atoms with Gasteiger partial charge in [0.1, 0.15) is 11.5 Å². The molecule has 4 aliphatic rings. The molecule has 3 saturated heterocycles. The van der Waals surface area contributed by atoms with E-state index in [0.29, 0.717) is 70.6 Å². The number of benzene rings is 1. The number of carbonyl (C=O) groups excluding carboxylic acids is 3. The second kappa shape index (κ2) is 8.55. The topological polar surface area (TPSA) is 108 Å². The number of H-pyrrole nitrogens is 1. The van der Waals surface area contributed by atoms with Gasteiger partial charge in [0.2, 0.25) is 5.91 Å². The summed E-state index contributed by atoms with van der Waals surface area (Å²) in [6.07, 6.45) is 4.63. The van der Waals surface area contributed by atoms with Crippen molar-refractivity contribution in [3.63, 3.8) is 0 Å². The smallest absolute Gasteiger partial charge is 0.274 e. The summed E-state index contributed by atoms with van der Waals surface area (Å²) in [7, 11) is 0. The van der Waals surface area contributed by atoms with Gasteiger partial charge in [-0.2, -0.15) is 0 Å². The Balaban J connectivity index is 1.06. The molecule has 1 aliphatic carbocycles. The highest BCUT2D eigenvalue weighted by Gasteiger charge is 2.52. The summed E-state index contributed by atoms with van der Waals surface area (Å²) in [6, 6.07) is 3.97. The molecule has 36 heavy (non-hydrogen) atoms. The third kappa shape index (κ3) is 3.78. The molecule has 11 heteroatoms. The van der Waals surface area contributed by atoms with Gasteiger partial charge in [-0.05, 0) is 50.3 Å². The molecule has 3 aliphatic heterocycles. The van der Waals surface area contributed by atoms with Crippen molar-refractivity contribution in [1.82, 2.24) is 20.2 Å². The van der Waals surface area contributed by atoms with Crippen LogP contribution in [0.5, 0.6) is 0 Å². The van der Waals surface area contributed by atoms with E-state index in [-0.39, 0.29) is 45.6 Å². The quantitative estimate of drug-likeness (QED) is 0.651. The van der Waals surface area contributed by atoms with Crippen LogP contribution in [0, 0.1) is 16.6 Å². The fraction of sp³-hybridized carbons (Fsp3) is 0.520. The van der Waals surface area contributed by atoms with Gasteiger partial charge in [0.25, 0.3) is 11.8 Å². The zero-order chi connectivity index (χ0) is 25.1. The molecule has 0 unspecified atom stereocenters. The van der Waals surface area contributed by atoms with Crippen molar-refractivity contribution >= 4 is 35.0 Å². The lowest BCUT2D eigenvalue weighted by atomic mass is 9.71. The lowest BCUT2D eigenvalue weighted by Crippen LogP contribution is -2.67. The third-order valence-corrected chi connectivity index (χ3v) is 8.52. The number of aromatic nitrogens is 2. The first-order chi connectivity index (χ1) is 17.3. The number of ether oxygens (including phenoxy) is 1. The van der Waals surface area contributed by atoms with E-state index in [1.54, 1.807) is 15.9 Å². The number of imidazole rings is 1. The van der Waals surface area contributed by atoms with Crippen LogP contribution in [0.4, 0.5) is 10.1 Å². The first-order valence-corrected chi connectivity index (χ1v) is 12.7. The summed E-state index contributed by atoms with van der Waals surface area (Å²) in [5.41, 5.74) is 0.423. The number of halogens is 2. The van der Waals surface area contributed by atoms with Crippen molar-refractivity contribution in [2.24, 2.45) is 10.8 Å². The minimum atomic E-state index is -0.493. The summed E-state index contributed by atoms with van der Waals surface area (Å²) < 4.78 is 18.7. The van der Waals surface area contributed by atoms with Crippen molar-refractivity contribution in [1.29, 1.82) is 0 Å². The van der Waals surface area contributed by atoms with Crippen molar-refractivity contribution in [2.75, 3.05) is 37.7 Å². The molecule has 0 radical (unpaired) electrons. The van der Waals surface area contributed by atoms with Crippen LogP contribution in [0.1, 0.15) is 53.1 Å². The summed E-state index contributed by atoms with van der Waals surface area (Å²) in [6.45, 7) is 3.12. The highest BCUT2D eigenvalue weighted by atomic mass is 35.5. The van der Waals surface area contributed by atoms with Crippen LogP contribution in [0.25, 0.3) is 0 Å². The first-order valence-electron chi connectivity index (χ1n) is 12.3. The van der Waals surface area contributed by atoms with Crippen molar-refractivity contribution in [2.45, 2.75) is 38.1 Å². The van der Waals surface area contributed by atoms with Gasteiger partial charge in [-0.1, -0.05) is 11.6 Å². The van der Waals surface area contributed by atoms with Crippen molar-refractivity contribution < 1.29 is 23.5 Å². The van der Waals surface area contributed by atoms with Crippen molar-refractivity contribution in [3.8, 4) is 0 Å². The lowest BCUT2D eigenvalue weighted by Gasteiger charge is -2.54. The van der Waals surface area contributed by atoms with Crippen LogP contribution in [0.3, 0.4) is 0 Å². The predicted octanol–water partition coefficient (Wildman–Crippen LogP) is 2.77. The average Bonchev–Trinajstić information content (AvgIpc) is 3.40. The van der Waals surface area contributed by atoms with Gasteiger partial charge < -0.3 is 24.8 Å². The number of anilines is 1. The normalized spacial score (nSPS) is 26.7. The Morgan fingerprint density at radius 2 is 1.94 bits per heavy atom. The molecule has 2 spiro atoms. The van der Waals surface area contributed by atoms with Gasteiger partial charge in [0, 0.05) is 25.7 Å². The molecule has 1 saturated carbocycles. The summed E-state index contributed by atoms with van der Waals surface area (Å²) in [5.74, 6) is -1.05. The Morgan fingerprint density at radius 3 is 2.61 bits per heavy atom. The van der Waals surface area contributed by atoms with Crippen LogP contribution < -0.4 is 10.2 Å². The van der Waals surface area contributed by atoms with Crippen LogP contribution in [0.15, 0.2) is 24.5 Å². The zero-order valence-corrected chi connectivity index (χ0v) is 20.4. The maximum absolute atomic E-state index is 13.5. The fourth-order valence-corrected chi connectivity index (χ4v) is 6.32. The maximum Gasteiger partial charge on any atom is 0.274 e. The molecule has 190 valence electrons. The second-order valence-electron chi connectivity index (χ2n) is 10.6. The Kier molecular flexibility index (Phi) is 5.56. The molecule has 1 aromatic heterocycles. The van der Waals surface area contributed by atoms with Crippen LogP contribution in [-0.2, 0) is 9.53 Å². The van der Waals surface area contributed by atoms with E-state index >= 15 is 0 Å². The first kappa shape index (κ1) is 23.4. The predicted molar refractivity (Wildman–Crippen MR) is 128 cm³/mol. The zero-order valence-electron chi connectivity index (χ0n) is 19.7. The fourth-order valence-electron chi connectivity index (χ4n) is 6.05. The van der Waals surface area contributed by atoms with E-state index in [1.165, 1.54) is 18.5 Å². The van der Waals surface area contributed by atoms with Gasteiger partial charge in [-0.15, -0.1) is 0 Å². The molecule has 3 amide bonds. The maximum atomic E-state index is 13.5. The molecule has 4 fully saturated rings. The van der Waals surface area contributed by atoms with Crippen LogP contribution in [0.2, 0.25) is 5.02 Å². The Bertz CT molecular complexity index is 1230. The van der Waals surface area contributed by atoms with Crippen LogP contribution >= 0.6 is 11.6 Å². The number of amides is 3. The summed E-state index contributed by atoms with van der Waals surface area (Å²) in [4.78, 5) is 49.5. The number of nitrogens with zero attached hydrogens (tertiary/aromatic N) is 3. The van der Waals surface area contributed by atoms with E-state index in [0.717, 1.165) is 0 Å². The minimum Gasteiger partial charge on any atom is -0.380 e. The Morgan fingerprint density at radius 1 is 1.19 bits per heavy atom. The molecular weight excluding hydrogens is 489 g/mol. The van der Waals surface area contributed by atoms with Gasteiger partial charge >= 0.3 is 0 Å². The lowest BCUT2D eigenvalue weighted by molar-refractivity contribution is -0.176. The second-order valence-corrected chi connectivity index (χ2v) is 11.0. The van der Waals surface area contributed by atoms with Gasteiger partial charge in [-0.3, -0.25) is 14.4 Å². The molecule has 2 N–H and O–H groups in total. The van der Waals surface area contributed by atoms with Gasteiger partial charge in [0.05, 0.1) is 41.1 Å². The average molecular weight is 516 g/mol. The standard InChI is InChI=1S/C25H27ClFN5O4/c26-17-9-15(27)1-2-18(17)32-8-7-25(23(32)35)5-3-16(4-6-25)30-21(33)19-20(29-14-28-19)22(34)31-10-24(11-31)12-36-13-24/h1-2,9,14,16H,3-8,10-13H2,(H,28,29)(H,30,33)/t16-,25-. The largest absolute Gasteiger partial charge is 0.380 e. The number of carbonyl (C=O) groups is 3. The molecular formula is C25H27ClFN5O4. The van der Waals surface area contributed by atoms with Crippen molar-refractivity contribution in [3.05, 3.63) is 46.8 Å². The Hall–Kier alpha value is -2.98. The van der Waals surface area contributed by atoms with E-state index in [4.69, 9.17) is 16.3 Å². The summed E-state index contributed by atoms with van der Waals surface area (Å²) in [5, 5.41) is 3.24. The Labute approximate surface area is 212 Å². The highest BCUT2D eigenvalue weighted by molar-refractivity contribution is 6.34. The van der Waals surface area contributed by atoms with E-state index < -0.39 is 11.2 Å². The van der Waals surface area contributed by atoms with Gasteiger partial charge in [-0.25, -0.2) is 9.37 Å². The van der Waals surface area contributed by atoms with Crippen LogP contribution in [-0.4, -0.2) is 71.5 Å². The van der Waals surface area contributed by atoms with Gasteiger partial charge in [0.15, 0.2) is 5.69 Å². The molecule has 0 bridgehead atoms. The van der Waals surface area contributed by atoms with E-state index in [1.807, 2.05) is 0 Å². The minimum absolute atomic E-state index is 0.00594. The SMILES string of the molecule is O=C(N[C@H]1CC[C@@]2(CCN(c3ccc(F)cc3Cl)C2=O)CC1)c1[nH]cnc1C(=O)N1CC2(COC2)C1. The molecule has 1 aromatic carbocycles.